The van der Waals surface area contributed by atoms with Gasteiger partial charge in [-0.3, -0.25) is 24.7 Å². The number of pyridine rings is 4. The van der Waals surface area contributed by atoms with E-state index in [1.54, 1.807) is 42.6 Å². The maximum atomic E-state index is 12.3. The van der Waals surface area contributed by atoms with E-state index in [4.69, 9.17) is 133 Å². The molecule has 5 aromatic carbocycles. The molecule has 12 nitrogen and oxygen atoms in total. The number of nitrogens with zero attached hydrogens (tertiary/aromatic N) is 4. The maximum Gasteiger partial charge on any atom is 0.334 e. The van der Waals surface area contributed by atoms with Crippen molar-refractivity contribution >= 4 is 180 Å². The maximum absolute atomic E-state index is 12.3. The van der Waals surface area contributed by atoms with Gasteiger partial charge in [0.05, 0.1) is 18.1 Å². The number of hydrogen-bond donors (Lipinski definition) is 2. The number of fused-ring (bicyclic) bond motifs is 4. The van der Waals surface area contributed by atoms with Crippen LogP contribution in [0.3, 0.4) is 0 Å². The first-order chi connectivity index (χ1) is 55.1. The molecule has 8 heterocycles. The number of aromatic nitrogens is 4. The van der Waals surface area contributed by atoms with Crippen LogP contribution in [0.4, 0.5) is 0 Å². The molecule has 3 saturated carbocycles. The van der Waals surface area contributed by atoms with Crippen LogP contribution in [0.25, 0.3) is 0 Å². The van der Waals surface area contributed by atoms with Crippen molar-refractivity contribution in [3.8, 4) is 0 Å². The number of aliphatic hydroxyl groups is 2. The van der Waals surface area contributed by atoms with Gasteiger partial charge >= 0.3 is 11.9 Å². The molecule has 1 unspecified atom stereocenters. The van der Waals surface area contributed by atoms with Gasteiger partial charge in [0.15, 0.2) is 12.1 Å². The van der Waals surface area contributed by atoms with E-state index in [1.165, 1.54) is 0 Å². The molecule has 4 saturated heterocycles. The summed E-state index contributed by atoms with van der Waals surface area (Å²) in [6.07, 6.45) is 13.9. The summed E-state index contributed by atoms with van der Waals surface area (Å²) in [5, 5.41) is 28.0. The summed E-state index contributed by atoms with van der Waals surface area (Å²) < 4.78 is 27.0. The largest absolute Gasteiger partial charge is 0.462 e. The molecule has 4 aliphatic carbocycles. The zero-order chi connectivity index (χ0) is 82.6. The number of cyclic esters (lactones) is 2. The Morgan fingerprint density at radius 3 is 1.21 bits per heavy atom. The molecule has 8 aliphatic rings. The van der Waals surface area contributed by atoms with E-state index in [-0.39, 0.29) is 125 Å². The standard InChI is InChI=1S/C26H23BrCl3NO2.C20H20BrCl2NO2.C20H18BrCl2NO2.C20H16BrCl2NO2.2C2H6/c1-14-24-21(26(32,33-14)15-2-5-17(28)6-3-15)10-9-20(19-8-7-18(29)12-22(19)30)25(24)23-11-4-16(27)13-31-23;3*1-10-18-15(20(25)26-10)6-5-14(13-4-3-12(22)8-16(13)23)19(18)17-7-2-11(21)9-24-17;2*1-2/h2-8,11-14,20-21,24-25,32H,9-10H2,1H3;2-4,7-10,14-15,18-20,25H,5-6H2,1H3;2-4,7-10,14-15,18-19H,5-6H2,1H3;2-4,6-10,14,18-19H,5H2,1H3;2*1-2H3/t14-,20+,21-,24-,25-,26?;10-,14+,15-,18-,19-,20+;10-,14+,15-,18-,19-;10-,14+,18-,19-;;/m1111../s1. The number of carbonyl (C=O) groups is 2. The number of ether oxygens (including phenoxy) is 4. The number of benzene rings is 5. The second kappa shape index (κ2) is 39.7. The molecule has 9 aromatic rings. The predicted octanol–water partition coefficient (Wildman–Crippen LogP) is 27.7. The van der Waals surface area contributed by atoms with E-state index in [2.05, 4.69) is 85.8 Å². The van der Waals surface area contributed by atoms with E-state index in [1.807, 2.05) is 177 Å². The van der Waals surface area contributed by atoms with Gasteiger partial charge in [-0.25, -0.2) is 4.79 Å². The molecule has 17 rings (SSSR count). The first-order valence-electron chi connectivity index (χ1n) is 39.0. The molecule has 4 aromatic heterocycles. The van der Waals surface area contributed by atoms with Crippen molar-refractivity contribution < 1.29 is 38.7 Å². The van der Waals surface area contributed by atoms with Crippen LogP contribution in [0.5, 0.6) is 0 Å². The highest BCUT2D eigenvalue weighted by Crippen LogP contribution is 2.63. The minimum atomic E-state index is -1.38. The third-order valence-electron chi connectivity index (χ3n) is 24.1. The van der Waals surface area contributed by atoms with Crippen molar-refractivity contribution in [3.05, 3.63) is 296 Å². The highest BCUT2D eigenvalue weighted by molar-refractivity contribution is 9.11. The molecule has 4 aliphatic heterocycles. The normalized spacial score (nSPS) is 30.0. The van der Waals surface area contributed by atoms with Crippen LogP contribution in [0.1, 0.15) is 198 Å². The van der Waals surface area contributed by atoms with Crippen LogP contribution in [-0.4, -0.2) is 72.8 Å². The zero-order valence-electron chi connectivity index (χ0n) is 64.3. The SMILES string of the molecule is CC.CC.C[C@H]1OC(=O)C2=CC[C@@H](c3ccc(Cl)cc3Cl)[C@H](c3ccc(Br)cn3)[C@@H]21.C[C@H]1OC(=O)[C@@H]2CC[C@@H](c3ccc(Cl)cc3Cl)[C@H](c3ccc(Br)cn3)[C@H]12.C[C@H]1OC(O)(c2ccc(Cl)cc2)[C@@H]2CC[C@@H](c3ccc(Cl)cc3Cl)[C@H](c3ccc(Br)cn3)[C@@H]21.C[C@H]1O[C@H](O)[C@@H]2CC[C@@H](c3ccc(Cl)cc3Cl)[C@H](c3ccc(Br)cn3)[C@@H]21. The molecule has 115 heavy (non-hydrogen) atoms. The summed E-state index contributed by atoms with van der Waals surface area (Å²) in [5.74, 6) is -0.563. The molecular weight excluding hydrogens is 1900 g/mol. The summed E-state index contributed by atoms with van der Waals surface area (Å²) in [5.41, 5.74) is 9.63. The molecule has 0 amide bonds. The minimum Gasteiger partial charge on any atom is -0.462 e. The van der Waals surface area contributed by atoms with E-state index < -0.39 is 12.1 Å². The Kier molecular flexibility index (Phi) is 31.1. The Labute approximate surface area is 752 Å². The second-order valence-electron chi connectivity index (χ2n) is 30.1. The highest BCUT2D eigenvalue weighted by atomic mass is 79.9. The fraction of sp³-hybridized carbons (Fsp3) is 0.400. The van der Waals surface area contributed by atoms with E-state index >= 15 is 0 Å². The molecule has 0 bridgehead atoms. The lowest BCUT2D eigenvalue weighted by Gasteiger charge is -2.43. The Balaban J connectivity index is 0.000000140. The molecule has 608 valence electrons. The number of carbonyl (C=O) groups excluding carboxylic acids is 2. The quantitative estimate of drug-likeness (QED) is 0.132. The average Bonchev–Trinajstić information content (AvgIpc) is 1.61. The van der Waals surface area contributed by atoms with Crippen molar-refractivity contribution in [1.29, 1.82) is 0 Å². The van der Waals surface area contributed by atoms with E-state index in [0.29, 0.717) is 51.6 Å². The highest BCUT2D eigenvalue weighted by Gasteiger charge is 2.60. The Morgan fingerprint density at radius 1 is 0.400 bits per heavy atom. The van der Waals surface area contributed by atoms with Gasteiger partial charge in [-0.2, -0.15) is 0 Å². The monoisotopic (exact) mass is 1980 g/mol. The summed E-state index contributed by atoms with van der Waals surface area (Å²) in [4.78, 5) is 43.3. The molecular formula is C90H89Br4Cl9N4O8. The van der Waals surface area contributed by atoms with Gasteiger partial charge in [0, 0.05) is 181 Å². The number of allylic oxidation sites excluding steroid dienone is 1. The van der Waals surface area contributed by atoms with Crippen molar-refractivity contribution in [3.63, 3.8) is 0 Å². The minimum absolute atomic E-state index is 0.00299. The fourth-order valence-corrected chi connectivity index (χ4v) is 22.7. The van der Waals surface area contributed by atoms with Gasteiger partial charge in [-0.1, -0.05) is 175 Å². The lowest BCUT2D eigenvalue weighted by atomic mass is 9.60. The molecule has 0 spiro atoms. The summed E-state index contributed by atoms with van der Waals surface area (Å²) in [6.45, 7) is 16.0. The predicted molar refractivity (Wildman–Crippen MR) is 477 cm³/mol. The second-order valence-corrected chi connectivity index (χ2v) is 37.5. The van der Waals surface area contributed by atoms with Crippen LogP contribution in [0.15, 0.2) is 200 Å². The Bertz CT molecular complexity index is 4910. The molecule has 7 fully saturated rings. The van der Waals surface area contributed by atoms with Crippen molar-refractivity contribution in [2.45, 2.75) is 184 Å². The number of hydrogen-bond acceptors (Lipinski definition) is 12. The Hall–Kier alpha value is -4.25. The first-order valence-corrected chi connectivity index (χ1v) is 45.6. The van der Waals surface area contributed by atoms with E-state index in [9.17, 15) is 19.8 Å². The van der Waals surface area contributed by atoms with Crippen LogP contribution >= 0.6 is 168 Å². The van der Waals surface area contributed by atoms with Crippen molar-refractivity contribution in [2.75, 3.05) is 0 Å². The van der Waals surface area contributed by atoms with Gasteiger partial charge in [0.1, 0.15) is 12.2 Å². The molecule has 2 N–H and O–H groups in total. The van der Waals surface area contributed by atoms with Crippen molar-refractivity contribution in [2.24, 2.45) is 41.4 Å². The first kappa shape index (κ1) is 90.0. The van der Waals surface area contributed by atoms with Crippen LogP contribution < -0.4 is 0 Å². The number of halogens is 13. The summed E-state index contributed by atoms with van der Waals surface area (Å²) in [7, 11) is 0. The number of rotatable bonds is 9. The summed E-state index contributed by atoms with van der Waals surface area (Å²) >= 11 is 70.7. The zero-order valence-corrected chi connectivity index (χ0v) is 77.4. The topological polar surface area (TPSA) is 163 Å². The third-order valence-corrected chi connectivity index (χ3v) is 28.4. The van der Waals surface area contributed by atoms with E-state index in [0.717, 1.165) is 113 Å². The fourth-order valence-electron chi connectivity index (χ4n) is 19.5. The average molecular weight is 1990 g/mol. The van der Waals surface area contributed by atoms with Gasteiger partial charge in [-0.05, 0) is 291 Å². The lowest BCUT2D eigenvalue weighted by Crippen LogP contribution is -2.40. The smallest absolute Gasteiger partial charge is 0.334 e. The van der Waals surface area contributed by atoms with Gasteiger partial charge in [0.25, 0.3) is 0 Å². The number of esters is 2. The van der Waals surface area contributed by atoms with Gasteiger partial charge < -0.3 is 29.2 Å². The third kappa shape index (κ3) is 19.6. The van der Waals surface area contributed by atoms with Crippen LogP contribution in [0.2, 0.25) is 45.2 Å². The van der Waals surface area contributed by atoms with Crippen LogP contribution in [0, 0.1) is 41.4 Å². The Morgan fingerprint density at radius 2 is 0.783 bits per heavy atom. The summed E-state index contributed by atoms with van der Waals surface area (Å²) in [6, 6.07) is 46.1. The van der Waals surface area contributed by atoms with Gasteiger partial charge in [0.2, 0.25) is 0 Å². The molecule has 21 atom stereocenters. The number of aliphatic hydroxyl groups excluding tert-OH is 1. The molecule has 0 radical (unpaired) electrons. The molecule has 25 heteroatoms. The lowest BCUT2D eigenvalue weighted by molar-refractivity contribution is -0.220. The van der Waals surface area contributed by atoms with Gasteiger partial charge in [-0.15, -0.1) is 0 Å². The van der Waals surface area contributed by atoms with Crippen molar-refractivity contribution in [1.82, 2.24) is 19.9 Å². The van der Waals surface area contributed by atoms with Crippen LogP contribution in [-0.2, 0) is 34.3 Å².